The highest BCUT2D eigenvalue weighted by molar-refractivity contribution is 5.93. The van der Waals surface area contributed by atoms with E-state index in [1.807, 2.05) is 12.1 Å². The van der Waals surface area contributed by atoms with Crippen molar-refractivity contribution in [3.63, 3.8) is 0 Å². The van der Waals surface area contributed by atoms with Crippen LogP contribution in [0.4, 0.5) is 14.9 Å². The fourth-order valence-electron chi connectivity index (χ4n) is 3.62. The summed E-state index contributed by atoms with van der Waals surface area (Å²) in [5.74, 6) is -0.176. The molecule has 3 N–H and O–H groups in total. The number of benzene rings is 2. The van der Waals surface area contributed by atoms with E-state index in [9.17, 15) is 14.0 Å². The van der Waals surface area contributed by atoms with Crippen LogP contribution >= 0.6 is 0 Å². The molecule has 1 heterocycles. The van der Waals surface area contributed by atoms with Gasteiger partial charge in [-0.2, -0.15) is 0 Å². The number of ether oxygens (including phenoxy) is 1. The largest absolute Gasteiger partial charge is 0.465 e. The number of carbonyl (C=O) groups excluding carboxylic acids is 2. The second-order valence-corrected chi connectivity index (χ2v) is 7.28. The second kappa shape index (κ2) is 10.0. The highest BCUT2D eigenvalue weighted by atomic mass is 19.1. The molecule has 2 amide bonds. The lowest BCUT2D eigenvalue weighted by Gasteiger charge is -2.30. The van der Waals surface area contributed by atoms with Gasteiger partial charge in [-0.3, -0.25) is 0 Å². The molecule has 1 fully saturated rings. The van der Waals surface area contributed by atoms with E-state index in [0.29, 0.717) is 23.7 Å². The van der Waals surface area contributed by atoms with Gasteiger partial charge in [-0.1, -0.05) is 18.2 Å². The number of amides is 2. The Kier molecular flexibility index (Phi) is 7.19. The van der Waals surface area contributed by atoms with Crippen molar-refractivity contribution in [2.45, 2.75) is 25.3 Å². The number of piperidine rings is 1. The summed E-state index contributed by atoms with van der Waals surface area (Å²) in [6.45, 7) is 1.39. The van der Waals surface area contributed by atoms with Gasteiger partial charge >= 0.3 is 12.0 Å². The number of carbonyl (C=O) groups is 2. The van der Waals surface area contributed by atoms with E-state index in [0.717, 1.165) is 31.4 Å². The number of esters is 1. The molecule has 7 heteroatoms. The second-order valence-electron chi connectivity index (χ2n) is 7.28. The van der Waals surface area contributed by atoms with Gasteiger partial charge in [0.25, 0.3) is 0 Å². The Labute approximate surface area is 169 Å². The van der Waals surface area contributed by atoms with Crippen LogP contribution in [0.1, 0.15) is 28.8 Å². The SMILES string of the molecule is COC(=O)c1cccc(NC(=O)NC[C@H]2C[C@H](Cc3ccc(F)cc3)CCN2)c1. The molecule has 6 nitrogen and oxygen atoms in total. The van der Waals surface area contributed by atoms with Crippen LogP contribution in [0.15, 0.2) is 48.5 Å². The van der Waals surface area contributed by atoms with Crippen molar-refractivity contribution in [2.75, 3.05) is 25.5 Å². The molecule has 0 bridgehead atoms. The summed E-state index contributed by atoms with van der Waals surface area (Å²) in [5.41, 5.74) is 2.03. The van der Waals surface area contributed by atoms with Crippen molar-refractivity contribution >= 4 is 17.7 Å². The fraction of sp³-hybridized carbons (Fsp3) is 0.364. The number of rotatable bonds is 6. The van der Waals surface area contributed by atoms with E-state index in [4.69, 9.17) is 0 Å². The topological polar surface area (TPSA) is 79.5 Å². The number of anilines is 1. The van der Waals surface area contributed by atoms with Crippen molar-refractivity contribution in [3.8, 4) is 0 Å². The summed E-state index contributed by atoms with van der Waals surface area (Å²) in [6, 6.07) is 13.1. The molecule has 0 saturated carbocycles. The van der Waals surface area contributed by atoms with Gasteiger partial charge < -0.3 is 20.7 Å². The third-order valence-corrected chi connectivity index (χ3v) is 5.09. The van der Waals surface area contributed by atoms with Crippen molar-refractivity contribution in [1.82, 2.24) is 10.6 Å². The van der Waals surface area contributed by atoms with Gasteiger partial charge in [-0.25, -0.2) is 14.0 Å². The molecule has 29 heavy (non-hydrogen) atoms. The lowest BCUT2D eigenvalue weighted by Crippen LogP contribution is -2.47. The quantitative estimate of drug-likeness (QED) is 0.651. The minimum absolute atomic E-state index is 0.182. The van der Waals surface area contributed by atoms with Crippen LogP contribution in [0, 0.1) is 11.7 Å². The number of halogens is 1. The molecule has 1 aliphatic heterocycles. The summed E-state index contributed by atoms with van der Waals surface area (Å²) in [7, 11) is 1.32. The van der Waals surface area contributed by atoms with Crippen molar-refractivity contribution in [1.29, 1.82) is 0 Å². The predicted octanol–water partition coefficient (Wildman–Crippen LogP) is 3.34. The number of hydrogen-bond acceptors (Lipinski definition) is 4. The van der Waals surface area contributed by atoms with Gasteiger partial charge in [0.2, 0.25) is 0 Å². The Balaban J connectivity index is 1.46. The third kappa shape index (κ3) is 6.29. The van der Waals surface area contributed by atoms with Crippen molar-refractivity contribution in [2.24, 2.45) is 5.92 Å². The predicted molar refractivity (Wildman–Crippen MR) is 109 cm³/mol. The molecule has 2 atom stereocenters. The maximum atomic E-state index is 13.1. The van der Waals surface area contributed by atoms with Crippen LogP contribution in [-0.2, 0) is 11.2 Å². The molecule has 1 saturated heterocycles. The molecule has 0 radical (unpaired) electrons. The molecule has 2 aromatic rings. The zero-order valence-electron chi connectivity index (χ0n) is 16.4. The number of urea groups is 1. The summed E-state index contributed by atoms with van der Waals surface area (Å²) >= 11 is 0. The van der Waals surface area contributed by atoms with Gasteiger partial charge in [0.1, 0.15) is 5.82 Å². The van der Waals surface area contributed by atoms with Crippen LogP contribution < -0.4 is 16.0 Å². The van der Waals surface area contributed by atoms with E-state index < -0.39 is 5.97 Å². The van der Waals surface area contributed by atoms with E-state index in [1.165, 1.54) is 19.2 Å². The van der Waals surface area contributed by atoms with Gasteiger partial charge in [0, 0.05) is 18.3 Å². The minimum atomic E-state index is -0.451. The average molecular weight is 399 g/mol. The summed E-state index contributed by atoms with van der Waals surface area (Å²) in [4.78, 5) is 23.8. The van der Waals surface area contributed by atoms with Gasteiger partial charge in [-0.05, 0) is 67.6 Å². The first-order valence-electron chi connectivity index (χ1n) is 9.74. The highest BCUT2D eigenvalue weighted by Crippen LogP contribution is 2.21. The Hall–Kier alpha value is -2.93. The standard InChI is InChI=1S/C22H26FN3O3/c1-29-21(27)17-3-2-4-19(13-17)26-22(28)25-14-20-12-16(9-10-24-20)11-15-5-7-18(23)8-6-15/h2-8,13,16,20,24H,9-12,14H2,1H3,(H2,25,26,28)/t16-,20+/m0/s1. The van der Waals surface area contributed by atoms with Gasteiger partial charge in [0.15, 0.2) is 0 Å². The molecule has 1 aliphatic rings. The van der Waals surface area contributed by atoms with Crippen LogP contribution in [0.5, 0.6) is 0 Å². The molecule has 0 aromatic heterocycles. The van der Waals surface area contributed by atoms with Crippen LogP contribution in [0.2, 0.25) is 0 Å². The first-order chi connectivity index (χ1) is 14.0. The molecular weight excluding hydrogens is 373 g/mol. The van der Waals surface area contributed by atoms with Crippen LogP contribution in [0.3, 0.4) is 0 Å². The average Bonchev–Trinajstić information content (AvgIpc) is 2.74. The maximum Gasteiger partial charge on any atom is 0.337 e. The van der Waals surface area contributed by atoms with E-state index in [-0.39, 0.29) is 17.9 Å². The normalized spacial score (nSPS) is 18.7. The maximum absolute atomic E-state index is 13.1. The Morgan fingerprint density at radius 3 is 2.76 bits per heavy atom. The lowest BCUT2D eigenvalue weighted by molar-refractivity contribution is 0.0600. The fourth-order valence-corrected chi connectivity index (χ4v) is 3.62. The molecule has 0 unspecified atom stereocenters. The van der Waals surface area contributed by atoms with E-state index >= 15 is 0 Å². The number of methoxy groups -OCH3 is 1. The summed E-state index contributed by atoms with van der Waals surface area (Å²) < 4.78 is 17.7. The smallest absolute Gasteiger partial charge is 0.337 e. The van der Waals surface area contributed by atoms with Gasteiger partial charge in [0.05, 0.1) is 12.7 Å². The monoisotopic (exact) mass is 399 g/mol. The summed E-state index contributed by atoms with van der Waals surface area (Å²) in [5, 5.41) is 9.04. The van der Waals surface area contributed by atoms with Crippen LogP contribution in [-0.4, -0.2) is 38.2 Å². The third-order valence-electron chi connectivity index (χ3n) is 5.09. The number of nitrogens with one attached hydrogen (secondary N) is 3. The Morgan fingerprint density at radius 2 is 2.00 bits per heavy atom. The zero-order valence-corrected chi connectivity index (χ0v) is 16.4. The molecule has 0 aliphatic carbocycles. The van der Waals surface area contributed by atoms with E-state index in [2.05, 4.69) is 20.7 Å². The van der Waals surface area contributed by atoms with Crippen LogP contribution in [0.25, 0.3) is 0 Å². The van der Waals surface area contributed by atoms with E-state index in [1.54, 1.807) is 24.3 Å². The lowest BCUT2D eigenvalue weighted by atomic mass is 9.87. The molecule has 154 valence electrons. The summed E-state index contributed by atoms with van der Waals surface area (Å²) in [6.07, 6.45) is 2.90. The Morgan fingerprint density at radius 1 is 1.21 bits per heavy atom. The minimum Gasteiger partial charge on any atom is -0.465 e. The number of hydrogen-bond donors (Lipinski definition) is 3. The molecule has 2 aromatic carbocycles. The van der Waals surface area contributed by atoms with Crippen molar-refractivity contribution < 1.29 is 18.7 Å². The Bertz CT molecular complexity index is 841. The van der Waals surface area contributed by atoms with Gasteiger partial charge in [-0.15, -0.1) is 0 Å². The molecular formula is C22H26FN3O3. The van der Waals surface area contributed by atoms with Crippen molar-refractivity contribution in [3.05, 3.63) is 65.5 Å². The first kappa shape index (κ1) is 20.8. The molecule has 0 spiro atoms. The highest BCUT2D eigenvalue weighted by Gasteiger charge is 2.22. The first-order valence-corrected chi connectivity index (χ1v) is 9.74. The molecule has 3 rings (SSSR count). The zero-order chi connectivity index (χ0) is 20.6.